The van der Waals surface area contributed by atoms with Crippen molar-refractivity contribution in [3.8, 4) is 0 Å². The van der Waals surface area contributed by atoms with Crippen LogP contribution >= 0.6 is 22.9 Å². The largest absolute Gasteiger partial charge is 0.391 e. The quantitative estimate of drug-likeness (QED) is 0.866. The normalized spacial score (nSPS) is 20.2. The van der Waals surface area contributed by atoms with Gasteiger partial charge in [-0.05, 0) is 36.9 Å². The average molecular weight is 298 g/mol. The Morgan fingerprint density at radius 3 is 3.11 bits per heavy atom. The zero-order chi connectivity index (χ0) is 13.4. The minimum absolute atomic E-state index is 0.276. The van der Waals surface area contributed by atoms with E-state index in [9.17, 15) is 5.11 Å². The molecule has 0 bridgehead atoms. The summed E-state index contributed by atoms with van der Waals surface area (Å²) < 4.78 is 0. The lowest BCUT2D eigenvalue weighted by Gasteiger charge is -2.31. The van der Waals surface area contributed by atoms with Crippen LogP contribution in [0.4, 0.5) is 5.82 Å². The highest BCUT2D eigenvalue weighted by Gasteiger charge is 2.22. The van der Waals surface area contributed by atoms with Crippen LogP contribution in [0.1, 0.15) is 24.6 Å². The summed E-state index contributed by atoms with van der Waals surface area (Å²) in [6.45, 7) is 3.67. The molecule has 1 saturated heterocycles. The van der Waals surface area contributed by atoms with E-state index in [2.05, 4.69) is 27.9 Å². The Morgan fingerprint density at radius 2 is 2.37 bits per heavy atom. The van der Waals surface area contributed by atoms with Crippen LogP contribution < -0.4 is 4.90 Å². The maximum atomic E-state index is 9.82. The second kappa shape index (κ2) is 5.23. The first-order valence-corrected chi connectivity index (χ1v) is 7.75. The molecule has 0 aliphatic carbocycles. The molecule has 0 spiro atoms. The fourth-order valence-corrected chi connectivity index (χ4v) is 3.67. The maximum absolute atomic E-state index is 9.82. The van der Waals surface area contributed by atoms with Gasteiger partial charge >= 0.3 is 0 Å². The molecule has 0 radical (unpaired) electrons. The lowest BCUT2D eigenvalue weighted by molar-refractivity contribution is 0.154. The number of rotatable bonds is 2. The van der Waals surface area contributed by atoms with Crippen molar-refractivity contribution < 1.29 is 5.11 Å². The number of thiophene rings is 1. The van der Waals surface area contributed by atoms with Crippen LogP contribution in [0, 0.1) is 0 Å². The number of hydrogen-bond acceptors (Lipinski definition) is 5. The molecular formula is C13H16ClN3OS. The maximum Gasteiger partial charge on any atom is 0.225 e. The topological polar surface area (TPSA) is 49.2 Å². The first-order chi connectivity index (χ1) is 9.17. The Hall–Kier alpha value is -0.910. The fourth-order valence-electron chi connectivity index (χ4n) is 2.49. The van der Waals surface area contributed by atoms with E-state index in [-0.39, 0.29) is 11.4 Å². The van der Waals surface area contributed by atoms with Crippen molar-refractivity contribution >= 4 is 39.0 Å². The van der Waals surface area contributed by atoms with E-state index in [1.54, 1.807) is 11.3 Å². The Balaban J connectivity index is 2.08. The van der Waals surface area contributed by atoms with E-state index in [0.717, 1.165) is 41.8 Å². The Labute approximate surface area is 121 Å². The van der Waals surface area contributed by atoms with Crippen LogP contribution in [0.25, 0.3) is 10.2 Å². The summed E-state index contributed by atoms with van der Waals surface area (Å²) in [5.41, 5.74) is 0. The molecule has 19 heavy (non-hydrogen) atoms. The molecule has 6 heteroatoms. The molecule has 102 valence electrons. The van der Waals surface area contributed by atoms with Crippen molar-refractivity contribution in [1.82, 2.24) is 9.97 Å². The minimum atomic E-state index is -0.276. The highest BCUT2D eigenvalue weighted by atomic mass is 35.5. The van der Waals surface area contributed by atoms with Gasteiger partial charge < -0.3 is 10.0 Å². The first-order valence-electron chi connectivity index (χ1n) is 6.56. The molecule has 2 aromatic heterocycles. The number of nitrogens with zero attached hydrogens (tertiary/aromatic N) is 3. The van der Waals surface area contributed by atoms with Crippen molar-refractivity contribution in [2.45, 2.75) is 32.3 Å². The third-order valence-electron chi connectivity index (χ3n) is 3.44. The summed E-state index contributed by atoms with van der Waals surface area (Å²) in [4.78, 5) is 13.0. The Bertz CT molecular complexity index is 601. The first kappa shape index (κ1) is 13.1. The second-order valence-electron chi connectivity index (χ2n) is 4.84. The summed E-state index contributed by atoms with van der Waals surface area (Å²) in [5.74, 6) is 0.865. The molecule has 1 aliphatic rings. The van der Waals surface area contributed by atoms with Gasteiger partial charge in [0.15, 0.2) is 0 Å². The van der Waals surface area contributed by atoms with Crippen molar-refractivity contribution in [2.75, 3.05) is 18.0 Å². The van der Waals surface area contributed by atoms with Crippen LogP contribution in [0.15, 0.2) is 6.07 Å². The summed E-state index contributed by atoms with van der Waals surface area (Å²) >= 11 is 7.69. The molecule has 3 rings (SSSR count). The van der Waals surface area contributed by atoms with Crippen molar-refractivity contribution in [2.24, 2.45) is 0 Å². The molecule has 1 aliphatic heterocycles. The predicted molar refractivity (Wildman–Crippen MR) is 79.3 cm³/mol. The number of anilines is 1. The minimum Gasteiger partial charge on any atom is -0.391 e. The second-order valence-corrected chi connectivity index (χ2v) is 6.30. The van der Waals surface area contributed by atoms with Crippen molar-refractivity contribution in [1.29, 1.82) is 0 Å². The molecule has 0 amide bonds. The SMILES string of the molecule is CCc1cc2c(N3CCCC(O)C3)nc(Cl)nc2s1. The lowest BCUT2D eigenvalue weighted by Crippen LogP contribution is -2.38. The van der Waals surface area contributed by atoms with E-state index in [1.807, 2.05) is 0 Å². The van der Waals surface area contributed by atoms with Gasteiger partial charge in [-0.3, -0.25) is 0 Å². The zero-order valence-corrected chi connectivity index (χ0v) is 12.3. The average Bonchev–Trinajstić information content (AvgIpc) is 2.80. The number of piperidine rings is 1. The highest BCUT2D eigenvalue weighted by Crippen LogP contribution is 2.33. The number of aryl methyl sites for hydroxylation is 1. The van der Waals surface area contributed by atoms with E-state index in [4.69, 9.17) is 11.6 Å². The molecule has 0 aromatic carbocycles. The molecule has 1 atom stereocenters. The van der Waals surface area contributed by atoms with Gasteiger partial charge in [0, 0.05) is 18.0 Å². The summed E-state index contributed by atoms with van der Waals surface area (Å²) in [6, 6.07) is 2.15. The number of aliphatic hydroxyl groups is 1. The van der Waals surface area contributed by atoms with Crippen LogP contribution in [0.3, 0.4) is 0 Å². The van der Waals surface area contributed by atoms with E-state index < -0.39 is 0 Å². The standard InChI is InChI=1S/C13H16ClN3OS/c1-2-9-6-10-11(15-13(14)16-12(10)19-9)17-5-3-4-8(18)7-17/h6,8,18H,2-5,7H2,1H3. The molecule has 1 N–H and O–H groups in total. The van der Waals surface area contributed by atoms with Crippen molar-refractivity contribution in [3.05, 3.63) is 16.2 Å². The summed E-state index contributed by atoms with van der Waals surface area (Å²) in [6.07, 6.45) is 2.56. The molecule has 2 aromatic rings. The fraction of sp³-hybridized carbons (Fsp3) is 0.538. The number of β-amino-alcohol motifs (C(OH)–C–C–N with tert-alkyl or cyclic N) is 1. The smallest absolute Gasteiger partial charge is 0.225 e. The molecule has 1 unspecified atom stereocenters. The molecule has 0 saturated carbocycles. The number of fused-ring (bicyclic) bond motifs is 1. The van der Waals surface area contributed by atoms with E-state index in [1.165, 1.54) is 4.88 Å². The molecule has 3 heterocycles. The lowest BCUT2D eigenvalue weighted by atomic mass is 10.1. The van der Waals surface area contributed by atoms with Gasteiger partial charge in [0.25, 0.3) is 0 Å². The van der Waals surface area contributed by atoms with Gasteiger partial charge in [0.05, 0.1) is 11.5 Å². The third kappa shape index (κ3) is 2.55. The zero-order valence-electron chi connectivity index (χ0n) is 10.8. The van der Waals surface area contributed by atoms with Gasteiger partial charge in [-0.15, -0.1) is 11.3 Å². The van der Waals surface area contributed by atoms with E-state index >= 15 is 0 Å². The molecule has 4 nitrogen and oxygen atoms in total. The van der Waals surface area contributed by atoms with Gasteiger partial charge in [-0.25, -0.2) is 4.98 Å². The number of aliphatic hydroxyl groups excluding tert-OH is 1. The van der Waals surface area contributed by atoms with E-state index in [0.29, 0.717) is 6.54 Å². The predicted octanol–water partition coefficient (Wildman–Crippen LogP) is 2.87. The summed E-state index contributed by atoms with van der Waals surface area (Å²) in [5, 5.41) is 11.2. The van der Waals surface area contributed by atoms with Gasteiger partial charge in [0.2, 0.25) is 5.28 Å². The Morgan fingerprint density at radius 1 is 1.53 bits per heavy atom. The van der Waals surface area contributed by atoms with Crippen LogP contribution in [-0.2, 0) is 6.42 Å². The molecule has 1 fully saturated rings. The number of aromatic nitrogens is 2. The van der Waals surface area contributed by atoms with Gasteiger partial charge in [-0.1, -0.05) is 6.92 Å². The van der Waals surface area contributed by atoms with Crippen molar-refractivity contribution in [3.63, 3.8) is 0 Å². The van der Waals surface area contributed by atoms with Gasteiger partial charge in [-0.2, -0.15) is 4.98 Å². The summed E-state index contributed by atoms with van der Waals surface area (Å²) in [7, 11) is 0. The Kier molecular flexibility index (Phi) is 3.60. The van der Waals surface area contributed by atoms with Crippen LogP contribution in [0.2, 0.25) is 5.28 Å². The van der Waals surface area contributed by atoms with Crippen LogP contribution in [0.5, 0.6) is 0 Å². The monoisotopic (exact) mass is 297 g/mol. The number of halogens is 1. The van der Waals surface area contributed by atoms with Gasteiger partial charge in [0.1, 0.15) is 10.6 Å². The highest BCUT2D eigenvalue weighted by molar-refractivity contribution is 7.18. The molecular weight excluding hydrogens is 282 g/mol. The number of hydrogen-bond donors (Lipinski definition) is 1. The van der Waals surface area contributed by atoms with Crippen LogP contribution in [-0.4, -0.2) is 34.3 Å². The third-order valence-corrected chi connectivity index (χ3v) is 4.78.